The molecule has 1 fully saturated rings. The number of nitrogens with one attached hydrogen (secondary N) is 1. The normalized spacial score (nSPS) is 14.9. The number of benzene rings is 2. The van der Waals surface area contributed by atoms with Crippen LogP contribution in [0.15, 0.2) is 54.7 Å². The molecule has 4 rings (SSSR count). The molecule has 0 spiro atoms. The Morgan fingerprint density at radius 3 is 2.43 bits per heavy atom. The maximum atomic E-state index is 13.0. The Kier molecular flexibility index (Phi) is 5.06. The maximum absolute atomic E-state index is 13.0. The minimum Gasteiger partial charge on any atom is -0.382 e. The summed E-state index contributed by atoms with van der Waals surface area (Å²) in [7, 11) is 0. The zero-order valence-corrected chi connectivity index (χ0v) is 15.7. The third-order valence-corrected chi connectivity index (χ3v) is 5.01. The summed E-state index contributed by atoms with van der Waals surface area (Å²) in [5.41, 5.74) is 3.29. The molecule has 0 atom stereocenters. The lowest BCUT2D eigenvalue weighted by Crippen LogP contribution is -2.42. The molecule has 1 N–H and O–H groups in total. The lowest BCUT2D eigenvalue weighted by molar-refractivity contribution is 0.0712. The van der Waals surface area contributed by atoms with Crippen molar-refractivity contribution in [3.05, 3.63) is 71.8 Å². The minimum absolute atomic E-state index is 0.0985. The summed E-state index contributed by atoms with van der Waals surface area (Å²) in [6, 6.07) is 14.5. The summed E-state index contributed by atoms with van der Waals surface area (Å²) in [4.78, 5) is 14.6. The second-order valence-corrected chi connectivity index (χ2v) is 7.10. The first-order valence-electron chi connectivity index (χ1n) is 9.39. The molecule has 0 aliphatic carbocycles. The van der Waals surface area contributed by atoms with Crippen molar-refractivity contribution in [2.45, 2.75) is 25.8 Å². The molecular weight excluding hydrogens is 357 g/mol. The topological polar surface area (TPSA) is 63.1 Å². The monoisotopic (exact) mass is 379 g/mol. The SMILES string of the molecule is Cc1ccc(-n2cc(C(=O)N3CCC(Nc4ccc(F)cc4)CC3)nn2)cc1. The van der Waals surface area contributed by atoms with Crippen molar-refractivity contribution < 1.29 is 9.18 Å². The van der Waals surface area contributed by atoms with E-state index in [1.807, 2.05) is 36.1 Å². The Hall–Kier alpha value is -3.22. The Balaban J connectivity index is 1.35. The molecular formula is C21H22FN5O. The number of likely N-dealkylation sites (tertiary alicyclic amines) is 1. The van der Waals surface area contributed by atoms with Crippen LogP contribution in [0.2, 0.25) is 0 Å². The molecule has 7 heteroatoms. The van der Waals surface area contributed by atoms with Crippen LogP contribution in [0, 0.1) is 12.7 Å². The molecule has 3 aromatic rings. The lowest BCUT2D eigenvalue weighted by atomic mass is 10.0. The van der Waals surface area contributed by atoms with Gasteiger partial charge in [-0.1, -0.05) is 22.9 Å². The standard InChI is InChI=1S/C21H22FN5O/c1-15-2-8-19(9-3-15)27-14-20(24-25-27)21(28)26-12-10-18(11-13-26)23-17-6-4-16(22)5-7-17/h2-9,14,18,23H,10-13H2,1H3. The van der Waals surface area contributed by atoms with Crippen LogP contribution in [0.1, 0.15) is 28.9 Å². The van der Waals surface area contributed by atoms with Gasteiger partial charge in [-0.2, -0.15) is 0 Å². The predicted molar refractivity (Wildman–Crippen MR) is 105 cm³/mol. The van der Waals surface area contributed by atoms with Gasteiger partial charge in [-0.3, -0.25) is 4.79 Å². The number of aryl methyl sites for hydroxylation is 1. The van der Waals surface area contributed by atoms with Gasteiger partial charge in [0.2, 0.25) is 0 Å². The number of piperidine rings is 1. The number of halogens is 1. The molecule has 28 heavy (non-hydrogen) atoms. The van der Waals surface area contributed by atoms with Crippen LogP contribution in [0.3, 0.4) is 0 Å². The van der Waals surface area contributed by atoms with E-state index in [1.165, 1.54) is 12.1 Å². The molecule has 0 saturated carbocycles. The van der Waals surface area contributed by atoms with Crippen LogP contribution in [-0.4, -0.2) is 44.9 Å². The van der Waals surface area contributed by atoms with E-state index in [1.54, 1.807) is 23.0 Å². The van der Waals surface area contributed by atoms with Crippen molar-refractivity contribution in [2.75, 3.05) is 18.4 Å². The number of amides is 1. The zero-order valence-electron chi connectivity index (χ0n) is 15.7. The average Bonchev–Trinajstić information content (AvgIpc) is 3.20. The third kappa shape index (κ3) is 4.03. The maximum Gasteiger partial charge on any atom is 0.276 e. The second kappa shape index (κ2) is 7.80. The number of anilines is 1. The number of aromatic nitrogens is 3. The fourth-order valence-corrected chi connectivity index (χ4v) is 3.36. The number of rotatable bonds is 4. The van der Waals surface area contributed by atoms with Crippen LogP contribution < -0.4 is 5.32 Å². The van der Waals surface area contributed by atoms with Crippen molar-refractivity contribution >= 4 is 11.6 Å². The van der Waals surface area contributed by atoms with E-state index in [0.717, 1.165) is 29.8 Å². The summed E-state index contributed by atoms with van der Waals surface area (Å²) >= 11 is 0. The van der Waals surface area contributed by atoms with Crippen LogP contribution >= 0.6 is 0 Å². The summed E-state index contributed by atoms with van der Waals surface area (Å²) in [6.07, 6.45) is 3.33. The first-order valence-corrected chi connectivity index (χ1v) is 9.39. The Bertz CT molecular complexity index is 944. The molecule has 1 aliphatic rings. The first kappa shape index (κ1) is 18.2. The van der Waals surface area contributed by atoms with Gasteiger partial charge >= 0.3 is 0 Å². The Morgan fingerprint density at radius 2 is 1.75 bits per heavy atom. The van der Waals surface area contributed by atoms with Gasteiger partial charge in [-0.25, -0.2) is 9.07 Å². The zero-order chi connectivity index (χ0) is 19.5. The highest BCUT2D eigenvalue weighted by atomic mass is 19.1. The van der Waals surface area contributed by atoms with Crippen molar-refractivity contribution in [3.63, 3.8) is 0 Å². The van der Waals surface area contributed by atoms with E-state index in [-0.39, 0.29) is 17.8 Å². The van der Waals surface area contributed by atoms with Gasteiger partial charge in [0.1, 0.15) is 5.82 Å². The van der Waals surface area contributed by atoms with E-state index in [4.69, 9.17) is 0 Å². The van der Waals surface area contributed by atoms with Crippen LogP contribution in [-0.2, 0) is 0 Å². The quantitative estimate of drug-likeness (QED) is 0.754. The van der Waals surface area contributed by atoms with Gasteiger partial charge in [0.25, 0.3) is 5.91 Å². The molecule has 144 valence electrons. The highest BCUT2D eigenvalue weighted by Gasteiger charge is 2.25. The van der Waals surface area contributed by atoms with E-state index in [2.05, 4.69) is 15.6 Å². The van der Waals surface area contributed by atoms with E-state index in [0.29, 0.717) is 18.8 Å². The predicted octanol–water partition coefficient (Wildman–Crippen LogP) is 3.43. The average molecular weight is 379 g/mol. The van der Waals surface area contributed by atoms with Crippen LogP contribution in [0.25, 0.3) is 5.69 Å². The van der Waals surface area contributed by atoms with Gasteiger partial charge in [-0.15, -0.1) is 5.10 Å². The van der Waals surface area contributed by atoms with E-state index < -0.39 is 0 Å². The minimum atomic E-state index is -0.246. The molecule has 1 amide bonds. The molecule has 0 bridgehead atoms. The third-order valence-electron chi connectivity index (χ3n) is 5.01. The molecule has 1 aliphatic heterocycles. The number of carbonyl (C=O) groups is 1. The molecule has 1 aromatic heterocycles. The molecule has 0 radical (unpaired) electrons. The second-order valence-electron chi connectivity index (χ2n) is 7.10. The molecule has 2 aromatic carbocycles. The molecule has 2 heterocycles. The summed E-state index contributed by atoms with van der Waals surface area (Å²) < 4.78 is 14.6. The summed E-state index contributed by atoms with van der Waals surface area (Å²) in [5.74, 6) is -0.344. The highest BCUT2D eigenvalue weighted by Crippen LogP contribution is 2.18. The largest absolute Gasteiger partial charge is 0.382 e. The fraction of sp³-hybridized carbons (Fsp3) is 0.286. The lowest BCUT2D eigenvalue weighted by Gasteiger charge is -2.32. The molecule has 6 nitrogen and oxygen atoms in total. The van der Waals surface area contributed by atoms with Crippen molar-refractivity contribution in [2.24, 2.45) is 0 Å². The van der Waals surface area contributed by atoms with E-state index in [9.17, 15) is 9.18 Å². The molecule has 1 saturated heterocycles. The van der Waals surface area contributed by atoms with Crippen molar-refractivity contribution in [1.29, 1.82) is 0 Å². The summed E-state index contributed by atoms with van der Waals surface area (Å²) in [6.45, 7) is 3.32. The van der Waals surface area contributed by atoms with Crippen molar-refractivity contribution in [1.82, 2.24) is 19.9 Å². The number of hydrogen-bond acceptors (Lipinski definition) is 4. The van der Waals surface area contributed by atoms with Crippen LogP contribution in [0.4, 0.5) is 10.1 Å². The number of carbonyl (C=O) groups excluding carboxylic acids is 1. The van der Waals surface area contributed by atoms with Crippen molar-refractivity contribution in [3.8, 4) is 5.69 Å². The Labute approximate surface area is 163 Å². The van der Waals surface area contributed by atoms with Crippen LogP contribution in [0.5, 0.6) is 0 Å². The summed E-state index contributed by atoms with van der Waals surface area (Å²) in [5, 5.41) is 11.5. The first-order chi connectivity index (χ1) is 13.6. The van der Waals surface area contributed by atoms with E-state index >= 15 is 0 Å². The Morgan fingerprint density at radius 1 is 1.07 bits per heavy atom. The highest BCUT2D eigenvalue weighted by molar-refractivity contribution is 5.92. The van der Waals surface area contributed by atoms with Gasteiger partial charge in [0, 0.05) is 24.8 Å². The van der Waals surface area contributed by atoms with Gasteiger partial charge in [-0.05, 0) is 56.2 Å². The fourth-order valence-electron chi connectivity index (χ4n) is 3.36. The smallest absolute Gasteiger partial charge is 0.276 e. The van der Waals surface area contributed by atoms with Gasteiger partial charge in [0.05, 0.1) is 11.9 Å². The number of nitrogens with zero attached hydrogens (tertiary/aromatic N) is 4. The number of hydrogen-bond donors (Lipinski definition) is 1. The van der Waals surface area contributed by atoms with Gasteiger partial charge < -0.3 is 10.2 Å². The van der Waals surface area contributed by atoms with Gasteiger partial charge in [0.15, 0.2) is 5.69 Å². The molecule has 0 unspecified atom stereocenters.